The van der Waals surface area contributed by atoms with Gasteiger partial charge in [-0.05, 0) is 42.0 Å². The lowest BCUT2D eigenvalue weighted by Crippen LogP contribution is -2.27. The summed E-state index contributed by atoms with van der Waals surface area (Å²) in [6, 6.07) is 7.72. The highest BCUT2D eigenvalue weighted by molar-refractivity contribution is 5.70. The Bertz CT molecular complexity index is 1170. The highest BCUT2D eigenvalue weighted by atomic mass is 19.4. The number of carbonyl (C=O) groups excluding carboxylic acids is 1. The first-order valence-corrected chi connectivity index (χ1v) is 9.19. The molecule has 2 aromatic carbocycles. The minimum atomic E-state index is -5.02. The van der Waals surface area contributed by atoms with Gasteiger partial charge in [-0.1, -0.05) is 6.07 Å². The fourth-order valence-electron chi connectivity index (χ4n) is 3.02. The Labute approximate surface area is 181 Å². The van der Waals surface area contributed by atoms with Crippen LogP contribution in [0.3, 0.4) is 0 Å². The van der Waals surface area contributed by atoms with Crippen LogP contribution in [0.1, 0.15) is 16.8 Å². The van der Waals surface area contributed by atoms with E-state index in [-0.39, 0.29) is 19.0 Å². The van der Waals surface area contributed by atoms with Crippen molar-refractivity contribution in [3.8, 4) is 22.9 Å². The van der Waals surface area contributed by atoms with E-state index in [1.165, 1.54) is 0 Å². The lowest BCUT2D eigenvalue weighted by Gasteiger charge is -2.13. The molecule has 0 bridgehead atoms. The molecule has 4 rings (SSSR count). The molecule has 1 amide bonds. The molecule has 0 aliphatic carbocycles. The zero-order valence-electron chi connectivity index (χ0n) is 16.3. The second kappa shape index (κ2) is 8.22. The number of nitrogens with zero attached hydrogens (tertiary/aromatic N) is 2. The van der Waals surface area contributed by atoms with Gasteiger partial charge in [0.15, 0.2) is 22.9 Å². The Kier molecular flexibility index (Phi) is 5.56. The quantitative estimate of drug-likeness (QED) is 0.545. The second-order valence-corrected chi connectivity index (χ2v) is 6.74. The molecule has 0 unspecified atom stereocenters. The van der Waals surface area contributed by atoms with Gasteiger partial charge in [-0.15, -0.1) is 0 Å². The number of carbonyl (C=O) groups is 1. The number of rotatable bonds is 4. The molecule has 174 valence electrons. The molecule has 1 aromatic heterocycles. The Morgan fingerprint density at radius 2 is 1.70 bits per heavy atom. The summed E-state index contributed by atoms with van der Waals surface area (Å²) in [5, 5.41) is 5.84. The van der Waals surface area contributed by atoms with Crippen molar-refractivity contribution >= 4 is 6.09 Å². The van der Waals surface area contributed by atoms with Crippen molar-refractivity contribution in [3.05, 3.63) is 65.5 Å². The number of hydrogen-bond acceptors (Lipinski definition) is 5. The van der Waals surface area contributed by atoms with Crippen LogP contribution in [0.15, 0.2) is 48.7 Å². The maximum atomic E-state index is 13.6. The predicted molar refractivity (Wildman–Crippen MR) is 99.0 cm³/mol. The summed E-state index contributed by atoms with van der Waals surface area (Å²) in [5.74, 6) is 0.0669. The zero-order valence-corrected chi connectivity index (χ0v) is 16.3. The van der Waals surface area contributed by atoms with Gasteiger partial charge in [0.25, 0.3) is 0 Å². The number of halogens is 6. The van der Waals surface area contributed by atoms with Gasteiger partial charge in [-0.25, -0.2) is 9.48 Å². The van der Waals surface area contributed by atoms with E-state index in [1.54, 1.807) is 18.2 Å². The highest BCUT2D eigenvalue weighted by Gasteiger charge is 2.40. The molecule has 1 aliphatic heterocycles. The summed E-state index contributed by atoms with van der Waals surface area (Å²) >= 11 is 0. The SMILES string of the molecule is O=C(NCc1ccc2c(c1)OCO2)Oc1cnn(-c2ccc(C(F)(F)F)cc2)c1C(F)(F)F. The molecule has 0 fully saturated rings. The third kappa shape index (κ3) is 4.81. The second-order valence-electron chi connectivity index (χ2n) is 6.74. The number of hydrogen-bond donors (Lipinski definition) is 1. The maximum Gasteiger partial charge on any atom is 0.437 e. The van der Waals surface area contributed by atoms with Crippen molar-refractivity contribution in [1.82, 2.24) is 15.1 Å². The molecule has 3 aromatic rings. The summed E-state index contributed by atoms with van der Waals surface area (Å²) < 4.78 is 94.6. The van der Waals surface area contributed by atoms with E-state index in [0.29, 0.717) is 40.1 Å². The standard InChI is InChI=1S/C20H13F6N3O4/c21-19(22,23)12-2-4-13(5-3-12)29-17(20(24,25)26)16(9-28-29)33-18(30)27-8-11-1-6-14-15(7-11)32-10-31-14/h1-7,9H,8,10H2,(H,27,30). The van der Waals surface area contributed by atoms with Crippen molar-refractivity contribution < 1.29 is 45.3 Å². The number of alkyl halides is 6. The van der Waals surface area contributed by atoms with E-state index >= 15 is 0 Å². The summed E-state index contributed by atoms with van der Waals surface area (Å²) in [5.41, 5.74) is -2.22. The first kappa shape index (κ1) is 22.3. The number of ether oxygens (including phenoxy) is 3. The smallest absolute Gasteiger partial charge is 0.437 e. The van der Waals surface area contributed by atoms with E-state index in [0.717, 1.165) is 12.1 Å². The van der Waals surface area contributed by atoms with Gasteiger partial charge < -0.3 is 19.5 Å². The van der Waals surface area contributed by atoms with Crippen molar-refractivity contribution in [2.24, 2.45) is 0 Å². The number of aromatic nitrogens is 2. The van der Waals surface area contributed by atoms with Gasteiger partial charge in [0.1, 0.15) is 0 Å². The highest BCUT2D eigenvalue weighted by Crippen LogP contribution is 2.38. The summed E-state index contributed by atoms with van der Waals surface area (Å²) in [4.78, 5) is 12.1. The van der Waals surface area contributed by atoms with E-state index in [2.05, 4.69) is 10.4 Å². The molecule has 0 saturated carbocycles. The minimum Gasteiger partial charge on any atom is -0.454 e. The number of fused-ring (bicyclic) bond motifs is 1. The van der Waals surface area contributed by atoms with Crippen LogP contribution in [0.5, 0.6) is 17.2 Å². The average molecular weight is 473 g/mol. The van der Waals surface area contributed by atoms with Crippen LogP contribution < -0.4 is 19.5 Å². The molecule has 2 heterocycles. The monoisotopic (exact) mass is 473 g/mol. The Balaban J connectivity index is 1.51. The number of benzene rings is 2. The van der Waals surface area contributed by atoms with Crippen LogP contribution in [0.25, 0.3) is 5.69 Å². The molecule has 0 saturated heterocycles. The van der Waals surface area contributed by atoms with Crippen LogP contribution in [-0.2, 0) is 18.9 Å². The molecular weight excluding hydrogens is 460 g/mol. The van der Waals surface area contributed by atoms with Gasteiger partial charge in [0.05, 0.1) is 17.4 Å². The molecular formula is C20H13F6N3O4. The molecule has 0 spiro atoms. The van der Waals surface area contributed by atoms with Crippen molar-refractivity contribution in [3.63, 3.8) is 0 Å². The summed E-state index contributed by atoms with van der Waals surface area (Å²) in [7, 11) is 0. The molecule has 13 heteroatoms. The molecule has 33 heavy (non-hydrogen) atoms. The van der Waals surface area contributed by atoms with E-state index in [1.807, 2.05) is 0 Å². The number of nitrogens with one attached hydrogen (secondary N) is 1. The maximum absolute atomic E-state index is 13.6. The minimum absolute atomic E-state index is 0.0530. The average Bonchev–Trinajstić information content (AvgIpc) is 3.38. The van der Waals surface area contributed by atoms with E-state index in [4.69, 9.17) is 14.2 Å². The fourth-order valence-corrected chi connectivity index (χ4v) is 3.02. The Hall–Kier alpha value is -3.90. The fraction of sp³-hybridized carbons (Fsp3) is 0.200. The largest absolute Gasteiger partial charge is 0.454 e. The van der Waals surface area contributed by atoms with Crippen molar-refractivity contribution in [2.75, 3.05) is 6.79 Å². The van der Waals surface area contributed by atoms with Crippen LogP contribution in [0.4, 0.5) is 31.1 Å². The Morgan fingerprint density at radius 1 is 1.00 bits per heavy atom. The molecule has 7 nitrogen and oxygen atoms in total. The molecule has 1 aliphatic rings. The third-order valence-corrected chi connectivity index (χ3v) is 4.52. The van der Waals surface area contributed by atoms with Gasteiger partial charge in [-0.2, -0.15) is 31.4 Å². The predicted octanol–water partition coefficient (Wildman–Crippen LogP) is 4.93. The Morgan fingerprint density at radius 3 is 2.36 bits per heavy atom. The number of amides is 1. The molecule has 0 radical (unpaired) electrons. The normalized spacial score (nSPS) is 13.2. The third-order valence-electron chi connectivity index (χ3n) is 4.52. The first-order chi connectivity index (χ1) is 15.5. The van der Waals surface area contributed by atoms with Crippen LogP contribution in [0, 0.1) is 0 Å². The lowest BCUT2D eigenvalue weighted by atomic mass is 10.2. The summed E-state index contributed by atoms with van der Waals surface area (Å²) in [6.45, 7) is -0.0265. The van der Waals surface area contributed by atoms with E-state index < -0.39 is 35.5 Å². The van der Waals surface area contributed by atoms with Crippen LogP contribution in [-0.4, -0.2) is 22.7 Å². The van der Waals surface area contributed by atoms with Crippen LogP contribution >= 0.6 is 0 Å². The van der Waals surface area contributed by atoms with E-state index in [9.17, 15) is 31.1 Å². The van der Waals surface area contributed by atoms with Gasteiger partial charge in [-0.3, -0.25) is 0 Å². The van der Waals surface area contributed by atoms with Crippen molar-refractivity contribution in [2.45, 2.75) is 18.9 Å². The zero-order chi connectivity index (χ0) is 23.8. The van der Waals surface area contributed by atoms with Gasteiger partial charge in [0.2, 0.25) is 6.79 Å². The van der Waals surface area contributed by atoms with Gasteiger partial charge >= 0.3 is 18.4 Å². The molecule has 1 N–H and O–H groups in total. The summed E-state index contributed by atoms with van der Waals surface area (Å²) in [6.07, 6.45) is -10.2. The topological polar surface area (TPSA) is 74.6 Å². The first-order valence-electron chi connectivity index (χ1n) is 9.19. The van der Waals surface area contributed by atoms with Crippen LogP contribution in [0.2, 0.25) is 0 Å². The van der Waals surface area contributed by atoms with Crippen molar-refractivity contribution in [1.29, 1.82) is 0 Å². The lowest BCUT2D eigenvalue weighted by molar-refractivity contribution is -0.144. The molecule has 0 atom stereocenters. The van der Waals surface area contributed by atoms with Gasteiger partial charge in [0, 0.05) is 6.54 Å².